The first kappa shape index (κ1) is 79.6. The quantitative estimate of drug-likeness (QED) is 0.0261. The third-order valence-corrected chi connectivity index (χ3v) is 15.9. The van der Waals surface area contributed by atoms with Crippen molar-refractivity contribution in [2.45, 2.75) is 374 Å². The number of hydrogen-bond donors (Lipinski definition) is 0. The van der Waals surface area contributed by atoms with Crippen molar-refractivity contribution in [2.24, 2.45) is 0 Å². The lowest BCUT2D eigenvalue weighted by Crippen LogP contribution is -2.30. The summed E-state index contributed by atoms with van der Waals surface area (Å²) in [4.78, 5) is 38.5. The molecule has 480 valence electrons. The monoisotopic (exact) mass is 1160 g/mol. The molecule has 0 rings (SSSR count). The zero-order valence-electron chi connectivity index (χ0n) is 55.2. The molecule has 6 heteroatoms. The maximum Gasteiger partial charge on any atom is 0.306 e. The van der Waals surface area contributed by atoms with Gasteiger partial charge < -0.3 is 14.2 Å². The standard InChI is InChI=1S/C77H136O6/c1-4-7-10-13-16-19-22-25-28-30-32-33-34-35-36-37-38-39-40-41-42-43-45-46-49-52-55-58-61-64-67-70-76(79)82-73-74(72-81-75(78)69-66-63-60-57-54-51-48-27-24-21-18-15-12-9-6-3)83-77(80)71-68-65-62-59-56-53-50-47-44-31-29-26-23-20-17-14-11-8-5-2/h7,10,16-17,19-20,25-26,28-29,32-33,35-36,74H,4-6,8-9,11-15,18,21-24,27,30-31,34,37-73H2,1-3H3/b10-7-,19-16-,20-17-,28-25-,29-26-,33-32-,36-35-. The zero-order chi connectivity index (χ0) is 59.9. The number of unbranched alkanes of at least 4 members (excludes halogenated alkanes) is 41. The van der Waals surface area contributed by atoms with Crippen LogP contribution in [0.4, 0.5) is 0 Å². The molecule has 0 aromatic carbocycles. The van der Waals surface area contributed by atoms with Crippen LogP contribution in [0, 0.1) is 0 Å². The van der Waals surface area contributed by atoms with E-state index in [4.69, 9.17) is 14.2 Å². The van der Waals surface area contributed by atoms with Crippen LogP contribution in [0.15, 0.2) is 85.1 Å². The molecule has 0 aliphatic heterocycles. The third kappa shape index (κ3) is 69.3. The number of rotatable bonds is 66. The van der Waals surface area contributed by atoms with Crippen molar-refractivity contribution in [1.29, 1.82) is 0 Å². The van der Waals surface area contributed by atoms with Gasteiger partial charge in [-0.15, -0.1) is 0 Å². The van der Waals surface area contributed by atoms with Crippen LogP contribution in [0.3, 0.4) is 0 Å². The van der Waals surface area contributed by atoms with Gasteiger partial charge >= 0.3 is 17.9 Å². The van der Waals surface area contributed by atoms with Crippen LogP contribution < -0.4 is 0 Å². The minimum absolute atomic E-state index is 0.0725. The van der Waals surface area contributed by atoms with Crippen LogP contribution in [-0.2, 0) is 28.6 Å². The average molecular weight is 1160 g/mol. The van der Waals surface area contributed by atoms with Gasteiger partial charge in [0.1, 0.15) is 13.2 Å². The summed E-state index contributed by atoms with van der Waals surface area (Å²) >= 11 is 0. The lowest BCUT2D eigenvalue weighted by atomic mass is 10.0. The Hall–Kier alpha value is -3.41. The molecule has 0 spiro atoms. The van der Waals surface area contributed by atoms with E-state index in [0.29, 0.717) is 19.3 Å². The highest BCUT2D eigenvalue weighted by Crippen LogP contribution is 2.18. The van der Waals surface area contributed by atoms with Gasteiger partial charge in [-0.05, 0) is 96.3 Å². The molecule has 6 nitrogen and oxygen atoms in total. The Labute approximate surface area is 515 Å². The van der Waals surface area contributed by atoms with Crippen LogP contribution >= 0.6 is 0 Å². The predicted octanol–water partition coefficient (Wildman–Crippen LogP) is 25.0. The summed E-state index contributed by atoms with van der Waals surface area (Å²) in [6.45, 7) is 6.55. The van der Waals surface area contributed by atoms with Gasteiger partial charge in [0.2, 0.25) is 0 Å². The minimum Gasteiger partial charge on any atom is -0.462 e. The summed E-state index contributed by atoms with van der Waals surface area (Å²) in [5.74, 6) is -0.854. The number of carbonyl (C=O) groups is 3. The molecule has 0 radical (unpaired) electrons. The van der Waals surface area contributed by atoms with Crippen LogP contribution in [0.25, 0.3) is 0 Å². The van der Waals surface area contributed by atoms with Crippen LogP contribution in [0.1, 0.15) is 367 Å². The summed E-state index contributed by atoms with van der Waals surface area (Å²) in [7, 11) is 0. The maximum absolute atomic E-state index is 13.0. The number of allylic oxidation sites excluding steroid dienone is 14. The number of hydrogen-bond acceptors (Lipinski definition) is 6. The van der Waals surface area contributed by atoms with Crippen molar-refractivity contribution in [3.8, 4) is 0 Å². The van der Waals surface area contributed by atoms with Crippen molar-refractivity contribution in [2.75, 3.05) is 13.2 Å². The fourth-order valence-electron chi connectivity index (χ4n) is 10.5. The summed E-state index contributed by atoms with van der Waals surface area (Å²) in [5.41, 5.74) is 0. The molecule has 0 aromatic heterocycles. The molecule has 0 amide bonds. The Kier molecular flexibility index (Phi) is 68.2. The van der Waals surface area contributed by atoms with E-state index in [0.717, 1.165) is 96.3 Å². The Morgan fingerprint density at radius 1 is 0.253 bits per heavy atom. The molecule has 0 heterocycles. The van der Waals surface area contributed by atoms with E-state index in [9.17, 15) is 14.4 Å². The minimum atomic E-state index is -0.778. The summed E-state index contributed by atoms with van der Waals surface area (Å²) < 4.78 is 17.0. The summed E-state index contributed by atoms with van der Waals surface area (Å²) in [5, 5.41) is 0. The topological polar surface area (TPSA) is 78.9 Å². The highest BCUT2D eigenvalue weighted by Gasteiger charge is 2.19. The molecule has 0 aromatic rings. The predicted molar refractivity (Wildman–Crippen MR) is 362 cm³/mol. The average Bonchev–Trinajstić information content (AvgIpc) is 3.49. The lowest BCUT2D eigenvalue weighted by molar-refractivity contribution is -0.167. The smallest absolute Gasteiger partial charge is 0.306 e. The summed E-state index contributed by atoms with van der Waals surface area (Å²) in [6, 6.07) is 0. The molecule has 0 bridgehead atoms. The highest BCUT2D eigenvalue weighted by molar-refractivity contribution is 5.71. The molecule has 83 heavy (non-hydrogen) atoms. The number of ether oxygens (including phenoxy) is 3. The molecule has 0 fully saturated rings. The molecule has 0 N–H and O–H groups in total. The van der Waals surface area contributed by atoms with Crippen molar-refractivity contribution in [1.82, 2.24) is 0 Å². The SMILES string of the molecule is CC/C=C\C/C=C\C/C=C\C/C=C\C/C=C\CCCCCCCCCCCCCCCCCC(=O)OCC(COC(=O)CCCCCCCCCCCCCCCCC)OC(=O)CCCCCCCCCCC/C=C\C/C=C\CCCCC. The van der Waals surface area contributed by atoms with Gasteiger partial charge in [-0.1, -0.05) is 337 Å². The fraction of sp³-hybridized carbons (Fsp3) is 0.779. The second-order valence-electron chi connectivity index (χ2n) is 24.1. The Morgan fingerprint density at radius 3 is 0.759 bits per heavy atom. The van der Waals surface area contributed by atoms with E-state index in [1.54, 1.807) is 0 Å². The van der Waals surface area contributed by atoms with E-state index in [2.05, 4.69) is 106 Å². The molecule has 0 saturated carbocycles. The molecule has 0 aliphatic carbocycles. The van der Waals surface area contributed by atoms with Crippen molar-refractivity contribution in [3.05, 3.63) is 85.1 Å². The second-order valence-corrected chi connectivity index (χ2v) is 24.1. The number of esters is 3. The normalized spacial score (nSPS) is 12.6. The van der Waals surface area contributed by atoms with Crippen molar-refractivity contribution >= 4 is 17.9 Å². The fourth-order valence-corrected chi connectivity index (χ4v) is 10.5. The van der Waals surface area contributed by atoms with Gasteiger partial charge in [0.25, 0.3) is 0 Å². The first-order chi connectivity index (χ1) is 41.0. The largest absolute Gasteiger partial charge is 0.462 e. The first-order valence-electron chi connectivity index (χ1n) is 36.1. The molecule has 1 unspecified atom stereocenters. The van der Waals surface area contributed by atoms with Gasteiger partial charge in [0, 0.05) is 19.3 Å². The van der Waals surface area contributed by atoms with Crippen LogP contribution in [0.2, 0.25) is 0 Å². The highest BCUT2D eigenvalue weighted by atomic mass is 16.6. The Morgan fingerprint density at radius 2 is 0.470 bits per heavy atom. The van der Waals surface area contributed by atoms with Crippen LogP contribution in [-0.4, -0.2) is 37.2 Å². The zero-order valence-corrected chi connectivity index (χ0v) is 55.2. The Bertz CT molecular complexity index is 1570. The van der Waals surface area contributed by atoms with E-state index >= 15 is 0 Å². The van der Waals surface area contributed by atoms with Crippen molar-refractivity contribution in [3.63, 3.8) is 0 Å². The lowest BCUT2D eigenvalue weighted by Gasteiger charge is -2.18. The second kappa shape index (κ2) is 71.1. The van der Waals surface area contributed by atoms with E-state index in [-0.39, 0.29) is 31.1 Å². The van der Waals surface area contributed by atoms with Crippen LogP contribution in [0.5, 0.6) is 0 Å². The maximum atomic E-state index is 13.0. The number of carbonyl (C=O) groups excluding carboxylic acids is 3. The van der Waals surface area contributed by atoms with E-state index in [1.165, 1.54) is 231 Å². The van der Waals surface area contributed by atoms with Gasteiger partial charge in [-0.3, -0.25) is 14.4 Å². The first-order valence-corrected chi connectivity index (χ1v) is 36.1. The molecular formula is C77H136O6. The van der Waals surface area contributed by atoms with Gasteiger partial charge in [0.05, 0.1) is 0 Å². The van der Waals surface area contributed by atoms with E-state index in [1.807, 2.05) is 0 Å². The van der Waals surface area contributed by atoms with Gasteiger partial charge in [0.15, 0.2) is 6.10 Å². The Balaban J connectivity index is 4.24. The van der Waals surface area contributed by atoms with Gasteiger partial charge in [-0.25, -0.2) is 0 Å². The summed E-state index contributed by atoms with van der Waals surface area (Å²) in [6.07, 6.45) is 94.7. The molecule has 0 saturated heterocycles. The van der Waals surface area contributed by atoms with Gasteiger partial charge in [-0.2, -0.15) is 0 Å². The molecule has 1 atom stereocenters. The molecular weight excluding hydrogens is 1020 g/mol. The third-order valence-electron chi connectivity index (χ3n) is 15.9. The van der Waals surface area contributed by atoms with E-state index < -0.39 is 6.10 Å². The molecule has 0 aliphatic rings. The van der Waals surface area contributed by atoms with Crippen molar-refractivity contribution < 1.29 is 28.6 Å².